The van der Waals surface area contributed by atoms with Crippen LogP contribution in [0.3, 0.4) is 0 Å². The summed E-state index contributed by atoms with van der Waals surface area (Å²) in [5, 5.41) is 9.24. The smallest absolute Gasteiger partial charge is 0.146 e. The standard InChI is InChI=1S/C15H21N5/c16-9-12-8-13(17)10-18-15(12)20-7-4-14(11-20)19-5-2-1-3-6-19/h8,10,14H,1-7,11,17H2. The summed E-state index contributed by atoms with van der Waals surface area (Å²) in [6.07, 6.45) is 6.81. The number of nitrogens with zero attached hydrogens (tertiary/aromatic N) is 4. The molecule has 0 amide bonds. The van der Waals surface area contributed by atoms with E-state index in [1.807, 2.05) is 0 Å². The molecule has 0 spiro atoms. The average molecular weight is 271 g/mol. The second kappa shape index (κ2) is 5.68. The van der Waals surface area contributed by atoms with Gasteiger partial charge in [0, 0.05) is 19.1 Å². The molecule has 2 N–H and O–H groups in total. The largest absolute Gasteiger partial charge is 0.397 e. The highest BCUT2D eigenvalue weighted by Crippen LogP contribution is 2.26. The summed E-state index contributed by atoms with van der Waals surface area (Å²) in [7, 11) is 0. The minimum absolute atomic E-state index is 0.553. The zero-order valence-corrected chi connectivity index (χ0v) is 11.8. The molecule has 2 saturated heterocycles. The van der Waals surface area contributed by atoms with Crippen LogP contribution in [0.2, 0.25) is 0 Å². The zero-order valence-electron chi connectivity index (χ0n) is 11.8. The fourth-order valence-corrected chi connectivity index (χ4v) is 3.32. The maximum absolute atomic E-state index is 9.24. The van der Waals surface area contributed by atoms with Crippen molar-refractivity contribution in [3.05, 3.63) is 17.8 Å². The third-order valence-electron chi connectivity index (χ3n) is 4.38. The summed E-state index contributed by atoms with van der Waals surface area (Å²) in [6.45, 7) is 4.40. The molecule has 2 aliphatic rings. The molecule has 0 radical (unpaired) electrons. The molecule has 2 aliphatic heterocycles. The van der Waals surface area contributed by atoms with Crippen molar-refractivity contribution in [1.82, 2.24) is 9.88 Å². The number of hydrogen-bond donors (Lipinski definition) is 1. The molecule has 0 bridgehead atoms. The van der Waals surface area contributed by atoms with Crippen LogP contribution in [0, 0.1) is 11.3 Å². The molecule has 5 nitrogen and oxygen atoms in total. The fraction of sp³-hybridized carbons (Fsp3) is 0.600. The summed E-state index contributed by atoms with van der Waals surface area (Å²) in [5.74, 6) is 0.793. The fourth-order valence-electron chi connectivity index (χ4n) is 3.32. The summed E-state index contributed by atoms with van der Waals surface area (Å²) in [6, 6.07) is 4.54. The van der Waals surface area contributed by atoms with Gasteiger partial charge in [0.2, 0.25) is 0 Å². The summed E-state index contributed by atoms with van der Waals surface area (Å²) in [4.78, 5) is 9.21. The average Bonchev–Trinajstić information content (AvgIpc) is 2.97. The minimum Gasteiger partial charge on any atom is -0.397 e. The van der Waals surface area contributed by atoms with E-state index in [0.29, 0.717) is 17.3 Å². The Kier molecular flexibility index (Phi) is 3.75. The Balaban J connectivity index is 1.72. The summed E-state index contributed by atoms with van der Waals surface area (Å²) < 4.78 is 0. The lowest BCUT2D eigenvalue weighted by Crippen LogP contribution is -2.41. The van der Waals surface area contributed by atoms with Crippen LogP contribution in [0.5, 0.6) is 0 Å². The lowest BCUT2D eigenvalue weighted by molar-refractivity contribution is 0.175. The van der Waals surface area contributed by atoms with E-state index < -0.39 is 0 Å². The van der Waals surface area contributed by atoms with Gasteiger partial charge < -0.3 is 10.6 Å². The van der Waals surface area contributed by atoms with Gasteiger partial charge in [-0.1, -0.05) is 6.42 Å². The van der Waals surface area contributed by atoms with Crippen LogP contribution in [-0.2, 0) is 0 Å². The number of piperidine rings is 1. The van der Waals surface area contributed by atoms with Gasteiger partial charge in [-0.3, -0.25) is 4.90 Å². The zero-order chi connectivity index (χ0) is 13.9. The Bertz CT molecular complexity index is 515. The Hall–Kier alpha value is -1.80. The van der Waals surface area contributed by atoms with Gasteiger partial charge in [0.05, 0.1) is 17.4 Å². The van der Waals surface area contributed by atoms with E-state index in [0.717, 1.165) is 25.3 Å². The maximum atomic E-state index is 9.24. The molecular formula is C15H21N5. The molecule has 20 heavy (non-hydrogen) atoms. The van der Waals surface area contributed by atoms with Gasteiger partial charge in [-0.15, -0.1) is 0 Å². The number of nitrogens with two attached hydrogens (primary N) is 1. The van der Waals surface area contributed by atoms with E-state index in [1.165, 1.54) is 32.4 Å². The summed E-state index contributed by atoms with van der Waals surface area (Å²) >= 11 is 0. The molecule has 3 heterocycles. The predicted molar refractivity (Wildman–Crippen MR) is 79.4 cm³/mol. The van der Waals surface area contributed by atoms with Crippen LogP contribution in [0.4, 0.5) is 11.5 Å². The Morgan fingerprint density at radius 3 is 2.80 bits per heavy atom. The molecule has 0 aromatic carbocycles. The first-order chi connectivity index (χ1) is 9.78. The molecular weight excluding hydrogens is 250 g/mol. The van der Waals surface area contributed by atoms with E-state index in [-0.39, 0.29) is 0 Å². The van der Waals surface area contributed by atoms with E-state index in [2.05, 4.69) is 20.9 Å². The Morgan fingerprint density at radius 1 is 1.25 bits per heavy atom. The molecule has 106 valence electrons. The van der Waals surface area contributed by atoms with E-state index in [9.17, 15) is 5.26 Å². The molecule has 3 rings (SSSR count). The molecule has 1 atom stereocenters. The normalized spacial score (nSPS) is 23.8. The van der Waals surface area contributed by atoms with Crippen molar-refractivity contribution in [2.45, 2.75) is 31.7 Å². The number of pyridine rings is 1. The number of hydrogen-bond acceptors (Lipinski definition) is 5. The van der Waals surface area contributed by atoms with Crippen molar-refractivity contribution in [1.29, 1.82) is 5.26 Å². The van der Waals surface area contributed by atoms with Crippen LogP contribution in [0.1, 0.15) is 31.2 Å². The monoisotopic (exact) mass is 271 g/mol. The molecule has 1 aromatic rings. The maximum Gasteiger partial charge on any atom is 0.146 e. The van der Waals surface area contributed by atoms with Gasteiger partial charge in [-0.05, 0) is 38.4 Å². The first-order valence-electron chi connectivity index (χ1n) is 7.42. The van der Waals surface area contributed by atoms with Gasteiger partial charge in [-0.25, -0.2) is 4.98 Å². The number of nitriles is 1. The van der Waals surface area contributed by atoms with Crippen molar-refractivity contribution < 1.29 is 0 Å². The third kappa shape index (κ3) is 2.56. The van der Waals surface area contributed by atoms with E-state index in [1.54, 1.807) is 12.3 Å². The molecule has 2 fully saturated rings. The second-order valence-corrected chi connectivity index (χ2v) is 5.74. The lowest BCUT2D eigenvalue weighted by atomic mass is 10.1. The van der Waals surface area contributed by atoms with Gasteiger partial charge in [0.1, 0.15) is 11.9 Å². The third-order valence-corrected chi connectivity index (χ3v) is 4.38. The molecule has 0 aliphatic carbocycles. The van der Waals surface area contributed by atoms with Crippen molar-refractivity contribution in [2.75, 3.05) is 36.8 Å². The van der Waals surface area contributed by atoms with Crippen molar-refractivity contribution in [3.8, 4) is 6.07 Å². The number of likely N-dealkylation sites (tertiary alicyclic amines) is 1. The van der Waals surface area contributed by atoms with Crippen molar-refractivity contribution in [3.63, 3.8) is 0 Å². The highest BCUT2D eigenvalue weighted by molar-refractivity contribution is 5.59. The number of rotatable bonds is 2. The Labute approximate surface area is 120 Å². The van der Waals surface area contributed by atoms with E-state index in [4.69, 9.17) is 5.73 Å². The van der Waals surface area contributed by atoms with Gasteiger partial charge in [-0.2, -0.15) is 5.26 Å². The molecule has 1 unspecified atom stereocenters. The number of nitrogen functional groups attached to an aromatic ring is 1. The topological polar surface area (TPSA) is 69.2 Å². The van der Waals surface area contributed by atoms with Gasteiger partial charge in [0.25, 0.3) is 0 Å². The number of anilines is 2. The molecule has 5 heteroatoms. The van der Waals surface area contributed by atoms with Gasteiger partial charge in [0.15, 0.2) is 0 Å². The van der Waals surface area contributed by atoms with Crippen molar-refractivity contribution >= 4 is 11.5 Å². The first kappa shape index (κ1) is 13.2. The summed E-state index contributed by atoms with van der Waals surface area (Å²) in [5.41, 5.74) is 6.85. The highest BCUT2D eigenvalue weighted by Gasteiger charge is 2.30. The quantitative estimate of drug-likeness (QED) is 0.884. The number of aromatic nitrogens is 1. The van der Waals surface area contributed by atoms with Crippen LogP contribution >= 0.6 is 0 Å². The second-order valence-electron chi connectivity index (χ2n) is 5.74. The lowest BCUT2D eigenvalue weighted by Gasteiger charge is -2.32. The highest BCUT2D eigenvalue weighted by atomic mass is 15.3. The molecule has 1 aromatic heterocycles. The van der Waals surface area contributed by atoms with Crippen molar-refractivity contribution in [2.24, 2.45) is 0 Å². The van der Waals surface area contributed by atoms with E-state index >= 15 is 0 Å². The predicted octanol–water partition coefficient (Wildman–Crippen LogP) is 1.60. The Morgan fingerprint density at radius 2 is 2.05 bits per heavy atom. The van der Waals surface area contributed by atoms with Crippen LogP contribution in [-0.4, -0.2) is 42.1 Å². The first-order valence-corrected chi connectivity index (χ1v) is 7.42. The van der Waals surface area contributed by atoms with Crippen LogP contribution in [0.25, 0.3) is 0 Å². The minimum atomic E-state index is 0.553. The van der Waals surface area contributed by atoms with Crippen LogP contribution < -0.4 is 10.6 Å². The van der Waals surface area contributed by atoms with Gasteiger partial charge >= 0.3 is 0 Å². The van der Waals surface area contributed by atoms with Crippen LogP contribution in [0.15, 0.2) is 12.3 Å². The molecule has 0 saturated carbocycles. The SMILES string of the molecule is N#Cc1cc(N)cnc1N1CCC(N2CCCCC2)C1.